The monoisotopic (exact) mass is 672 g/mol. The van der Waals surface area contributed by atoms with Gasteiger partial charge in [-0.05, 0) is 90.9 Å². The first-order chi connectivity index (χ1) is 30.4. The van der Waals surface area contributed by atoms with E-state index in [1.807, 2.05) is 91.0 Å². The first-order valence-corrected chi connectivity index (χ1v) is 17.1. The summed E-state index contributed by atoms with van der Waals surface area (Å²) >= 11 is 0. The van der Waals surface area contributed by atoms with Crippen LogP contribution in [0.4, 0.5) is 17.1 Å². The Balaban J connectivity index is 1.39. The van der Waals surface area contributed by atoms with Crippen molar-refractivity contribution >= 4 is 38.6 Å². The summed E-state index contributed by atoms with van der Waals surface area (Å²) in [5.74, 6) is 0. The number of benzene rings is 9. The fourth-order valence-corrected chi connectivity index (χ4v) is 7.93. The zero-order valence-corrected chi connectivity index (χ0v) is 27.8. The van der Waals surface area contributed by atoms with Gasteiger partial charge in [-0.1, -0.05) is 182 Å². The van der Waals surface area contributed by atoms with Gasteiger partial charge in [0.15, 0.2) is 0 Å². The van der Waals surface area contributed by atoms with Gasteiger partial charge >= 0.3 is 0 Å². The summed E-state index contributed by atoms with van der Waals surface area (Å²) in [6.07, 6.45) is 0. The van der Waals surface area contributed by atoms with Crippen molar-refractivity contribution in [1.29, 1.82) is 0 Å². The van der Waals surface area contributed by atoms with Gasteiger partial charge in [0.25, 0.3) is 0 Å². The summed E-state index contributed by atoms with van der Waals surface area (Å²) in [6.45, 7) is 0. The van der Waals surface area contributed by atoms with Crippen LogP contribution in [-0.4, -0.2) is 0 Å². The van der Waals surface area contributed by atoms with E-state index in [0.717, 1.165) is 38.8 Å². The third kappa shape index (κ3) is 4.63. The van der Waals surface area contributed by atoms with Gasteiger partial charge in [-0.3, -0.25) is 0 Å². The maximum Gasteiger partial charge on any atom is 0.0714 e. The van der Waals surface area contributed by atoms with Gasteiger partial charge < -0.3 is 4.90 Å². The van der Waals surface area contributed by atoms with Crippen LogP contribution in [0, 0.1) is 0 Å². The molecule has 0 fully saturated rings. The Morgan fingerprint density at radius 3 is 1.92 bits per heavy atom. The topological polar surface area (TPSA) is 3.24 Å². The predicted molar refractivity (Wildman–Crippen MR) is 219 cm³/mol. The van der Waals surface area contributed by atoms with E-state index >= 15 is 0 Å². The van der Waals surface area contributed by atoms with Crippen LogP contribution in [0.15, 0.2) is 212 Å². The van der Waals surface area contributed by atoms with Gasteiger partial charge in [-0.25, -0.2) is 0 Å². The smallest absolute Gasteiger partial charge is 0.0714 e. The zero-order chi connectivity index (χ0) is 44.1. The standard InChI is InChI=1S/C51H35N/c1-3-21-39(22-4-1)51(40-23-5-2-6-24-40)48-30-12-11-28-46(48)47-33-32-42(35-49(47)51)52(50-31-15-19-37-17-8-10-27-45(37)50)41-25-13-20-38(34-41)44-29-14-18-36-16-7-9-26-43(36)44/h1-35H/i8D,10D,13D,15D,17D,19D,20D,25D,27D,31D,34D. The van der Waals surface area contributed by atoms with E-state index < -0.39 is 59.8 Å². The Morgan fingerprint density at radius 1 is 0.423 bits per heavy atom. The Kier molecular flexibility index (Phi) is 4.92. The van der Waals surface area contributed by atoms with Crippen molar-refractivity contribution in [3.63, 3.8) is 0 Å². The van der Waals surface area contributed by atoms with Crippen LogP contribution in [0.5, 0.6) is 0 Å². The van der Waals surface area contributed by atoms with Gasteiger partial charge in [0, 0.05) is 16.8 Å². The average Bonchev–Trinajstić information content (AvgIpc) is 3.61. The van der Waals surface area contributed by atoms with E-state index in [4.69, 9.17) is 6.85 Å². The second-order valence-corrected chi connectivity index (χ2v) is 12.8. The van der Waals surface area contributed by atoms with Crippen molar-refractivity contribution in [3.05, 3.63) is 234 Å². The Hall–Kier alpha value is -6.70. The van der Waals surface area contributed by atoms with E-state index in [0.29, 0.717) is 10.9 Å². The minimum Gasteiger partial charge on any atom is -0.310 e. The zero-order valence-electron chi connectivity index (χ0n) is 38.8. The number of fused-ring (bicyclic) bond motifs is 5. The van der Waals surface area contributed by atoms with E-state index in [1.54, 1.807) is 18.2 Å². The van der Waals surface area contributed by atoms with Gasteiger partial charge in [0.2, 0.25) is 0 Å². The summed E-state index contributed by atoms with van der Waals surface area (Å²) in [5.41, 5.74) is 4.92. The lowest BCUT2D eigenvalue weighted by atomic mass is 9.67. The van der Waals surface area contributed by atoms with Gasteiger partial charge in [-0.2, -0.15) is 0 Å². The molecule has 1 aliphatic carbocycles. The van der Waals surface area contributed by atoms with Crippen LogP contribution >= 0.6 is 0 Å². The molecule has 9 aromatic rings. The summed E-state index contributed by atoms with van der Waals surface area (Å²) < 4.78 is 102. The molecule has 0 bridgehead atoms. The third-order valence-electron chi connectivity index (χ3n) is 10.1. The summed E-state index contributed by atoms with van der Waals surface area (Å²) in [7, 11) is 0. The molecule has 1 nitrogen and oxygen atoms in total. The van der Waals surface area contributed by atoms with E-state index in [-0.39, 0.29) is 45.5 Å². The number of nitrogens with zero attached hydrogens (tertiary/aromatic N) is 1. The molecule has 0 saturated carbocycles. The molecule has 0 N–H and O–H groups in total. The Labute approximate surface area is 320 Å². The highest BCUT2D eigenvalue weighted by atomic mass is 15.1. The van der Waals surface area contributed by atoms with Crippen LogP contribution in [0.3, 0.4) is 0 Å². The van der Waals surface area contributed by atoms with E-state index in [9.17, 15) is 8.22 Å². The Morgan fingerprint density at radius 2 is 1.08 bits per heavy atom. The first-order valence-electron chi connectivity index (χ1n) is 22.6. The highest BCUT2D eigenvalue weighted by Crippen LogP contribution is 2.57. The molecule has 1 aliphatic rings. The highest BCUT2D eigenvalue weighted by Gasteiger charge is 2.46. The average molecular weight is 673 g/mol. The molecular weight excluding hydrogens is 627 g/mol. The van der Waals surface area contributed by atoms with Gasteiger partial charge in [0.1, 0.15) is 0 Å². The van der Waals surface area contributed by atoms with Crippen molar-refractivity contribution in [3.8, 4) is 22.3 Å². The number of rotatable bonds is 6. The summed E-state index contributed by atoms with van der Waals surface area (Å²) in [5, 5.41) is 0.981. The maximum absolute atomic E-state index is 10.1. The molecule has 0 spiro atoms. The molecule has 0 radical (unpaired) electrons. The SMILES string of the molecule is [2H]c1c([2H])c(-c2cccc3ccccc23)c([2H])c(N(c2ccc3c(c2)C(c2ccccc2)(c2ccccc2)c2ccccc2-3)c2c([2H])c([2H])c([2H])c3c([2H])c([2H])c([2H])c([2H])c23)c1[2H]. The maximum atomic E-state index is 10.1. The molecule has 52 heavy (non-hydrogen) atoms. The third-order valence-corrected chi connectivity index (χ3v) is 10.1. The molecule has 244 valence electrons. The van der Waals surface area contributed by atoms with Crippen molar-refractivity contribution in [1.82, 2.24) is 0 Å². The second-order valence-electron chi connectivity index (χ2n) is 12.8. The Bertz CT molecular complexity index is 3320. The molecule has 0 unspecified atom stereocenters. The summed E-state index contributed by atoms with van der Waals surface area (Å²) in [6, 6.07) is 40.8. The van der Waals surface area contributed by atoms with Crippen LogP contribution in [-0.2, 0) is 5.41 Å². The molecule has 0 atom stereocenters. The van der Waals surface area contributed by atoms with E-state index in [2.05, 4.69) is 36.4 Å². The second kappa shape index (κ2) is 12.3. The lowest BCUT2D eigenvalue weighted by molar-refractivity contribution is 0.768. The lowest BCUT2D eigenvalue weighted by Gasteiger charge is -2.35. The van der Waals surface area contributed by atoms with Crippen LogP contribution in [0.1, 0.15) is 37.3 Å². The molecule has 0 saturated heterocycles. The van der Waals surface area contributed by atoms with Crippen molar-refractivity contribution in [2.45, 2.75) is 5.41 Å². The molecule has 9 aromatic carbocycles. The van der Waals surface area contributed by atoms with Crippen LogP contribution in [0.2, 0.25) is 0 Å². The van der Waals surface area contributed by atoms with Gasteiger partial charge in [-0.15, -0.1) is 0 Å². The number of hydrogen-bond acceptors (Lipinski definition) is 1. The van der Waals surface area contributed by atoms with Crippen molar-refractivity contribution in [2.24, 2.45) is 0 Å². The first kappa shape index (κ1) is 20.8. The quantitative estimate of drug-likeness (QED) is 0.170. The largest absolute Gasteiger partial charge is 0.310 e. The van der Waals surface area contributed by atoms with Crippen molar-refractivity contribution in [2.75, 3.05) is 4.90 Å². The predicted octanol–water partition coefficient (Wildman–Crippen LogP) is 13.5. The minimum absolute atomic E-state index is 0.0465. The molecule has 0 aromatic heterocycles. The molecule has 0 heterocycles. The van der Waals surface area contributed by atoms with Crippen molar-refractivity contribution < 1.29 is 15.1 Å². The number of hydrogen-bond donors (Lipinski definition) is 0. The van der Waals surface area contributed by atoms with E-state index in [1.165, 1.54) is 4.90 Å². The molecule has 10 rings (SSSR count). The molecule has 1 heteroatoms. The summed E-state index contributed by atoms with van der Waals surface area (Å²) in [4.78, 5) is 1.38. The highest BCUT2D eigenvalue weighted by molar-refractivity contribution is 6.01. The molecule has 0 amide bonds. The van der Waals surface area contributed by atoms with Crippen LogP contribution in [0.25, 0.3) is 43.8 Å². The fraction of sp³-hybridized carbons (Fsp3) is 0.0196. The molecule has 0 aliphatic heterocycles. The van der Waals surface area contributed by atoms with Gasteiger partial charge in [0.05, 0.1) is 26.2 Å². The minimum atomic E-state index is -0.926. The fourth-order valence-electron chi connectivity index (χ4n) is 7.93. The molecular formula is C51H35N. The van der Waals surface area contributed by atoms with Crippen LogP contribution < -0.4 is 4.90 Å². The normalized spacial score (nSPS) is 15.7. The lowest BCUT2D eigenvalue weighted by Crippen LogP contribution is -2.28. The number of anilines is 3.